The number of nitrogens with one attached hydrogen (secondary N) is 1. The molecule has 20 heavy (non-hydrogen) atoms. The van der Waals surface area contributed by atoms with Crippen LogP contribution < -0.4 is 5.32 Å². The number of amides is 1. The fourth-order valence-electron chi connectivity index (χ4n) is 3.31. The number of fused-ring (bicyclic) bond motifs is 2. The summed E-state index contributed by atoms with van der Waals surface area (Å²) in [6.45, 7) is 0.506. The molecule has 2 unspecified atom stereocenters. The van der Waals surface area contributed by atoms with Gasteiger partial charge in [0.05, 0.1) is 23.0 Å². The van der Waals surface area contributed by atoms with Gasteiger partial charge in [-0.2, -0.15) is 0 Å². The first-order valence-electron chi connectivity index (χ1n) is 6.72. The van der Waals surface area contributed by atoms with E-state index in [1.807, 2.05) is 17.5 Å². The number of carboxylic acid groups (broad SMARTS) is 1. The minimum Gasteiger partial charge on any atom is -0.481 e. The average Bonchev–Trinajstić information content (AvgIpc) is 3.13. The number of carbonyl (C=O) groups is 2. The van der Waals surface area contributed by atoms with Gasteiger partial charge in [0, 0.05) is 18.3 Å². The Morgan fingerprint density at radius 1 is 1.35 bits per heavy atom. The quantitative estimate of drug-likeness (QED) is 0.802. The molecule has 0 aliphatic heterocycles. The molecule has 2 aliphatic rings. The largest absolute Gasteiger partial charge is 0.481 e. The van der Waals surface area contributed by atoms with E-state index in [0.717, 1.165) is 12.1 Å². The Bertz CT molecular complexity index is 541. The highest BCUT2D eigenvalue weighted by molar-refractivity contribution is 7.07. The molecule has 6 heteroatoms. The van der Waals surface area contributed by atoms with Gasteiger partial charge >= 0.3 is 5.97 Å². The zero-order chi connectivity index (χ0) is 14.1. The van der Waals surface area contributed by atoms with Crippen LogP contribution in [0.15, 0.2) is 23.0 Å². The fraction of sp³-hybridized carbons (Fsp3) is 0.500. The van der Waals surface area contributed by atoms with Crippen LogP contribution in [-0.4, -0.2) is 28.5 Å². The molecule has 2 N–H and O–H groups in total. The maximum Gasteiger partial charge on any atom is 0.307 e. The molecule has 1 amide bonds. The Morgan fingerprint density at radius 3 is 2.75 bits per heavy atom. The fourth-order valence-corrected chi connectivity index (χ4v) is 3.90. The second kappa shape index (κ2) is 5.36. The van der Waals surface area contributed by atoms with E-state index in [1.165, 1.54) is 11.3 Å². The van der Waals surface area contributed by atoms with Crippen LogP contribution in [0.4, 0.5) is 0 Å². The van der Waals surface area contributed by atoms with Gasteiger partial charge in [-0.3, -0.25) is 9.59 Å². The topological polar surface area (TPSA) is 79.3 Å². The summed E-state index contributed by atoms with van der Waals surface area (Å²) < 4.78 is 0. The summed E-state index contributed by atoms with van der Waals surface area (Å²) >= 11 is 1.53. The molecule has 1 aromatic heterocycles. The van der Waals surface area contributed by atoms with Gasteiger partial charge in [0.15, 0.2) is 0 Å². The minimum atomic E-state index is -0.860. The van der Waals surface area contributed by atoms with Crippen molar-refractivity contribution >= 4 is 23.2 Å². The smallest absolute Gasteiger partial charge is 0.307 e. The van der Waals surface area contributed by atoms with Gasteiger partial charge in [-0.1, -0.05) is 12.2 Å². The van der Waals surface area contributed by atoms with E-state index in [0.29, 0.717) is 13.0 Å². The van der Waals surface area contributed by atoms with Gasteiger partial charge in [-0.05, 0) is 18.3 Å². The van der Waals surface area contributed by atoms with Crippen molar-refractivity contribution in [2.75, 3.05) is 6.54 Å². The van der Waals surface area contributed by atoms with E-state index >= 15 is 0 Å². The number of nitrogens with zero attached hydrogens (tertiary/aromatic N) is 1. The highest BCUT2D eigenvalue weighted by Gasteiger charge is 2.51. The number of allylic oxidation sites excluding steroid dienone is 2. The van der Waals surface area contributed by atoms with Gasteiger partial charge < -0.3 is 10.4 Å². The number of thiazole rings is 1. The van der Waals surface area contributed by atoms with Crippen molar-refractivity contribution in [3.8, 4) is 0 Å². The Labute approximate surface area is 120 Å². The zero-order valence-corrected chi connectivity index (χ0v) is 11.7. The van der Waals surface area contributed by atoms with Crippen molar-refractivity contribution in [2.24, 2.45) is 23.7 Å². The molecule has 0 radical (unpaired) electrons. The Hall–Kier alpha value is -1.69. The first-order chi connectivity index (χ1) is 9.66. The third kappa shape index (κ3) is 2.35. The summed E-state index contributed by atoms with van der Waals surface area (Å²) in [5.41, 5.74) is 2.72. The normalized spacial score (nSPS) is 30.6. The number of carbonyl (C=O) groups excluding carboxylic acids is 1. The predicted molar refractivity (Wildman–Crippen MR) is 74.2 cm³/mol. The van der Waals surface area contributed by atoms with Crippen molar-refractivity contribution in [2.45, 2.75) is 12.8 Å². The van der Waals surface area contributed by atoms with Crippen LogP contribution >= 0.6 is 11.3 Å². The SMILES string of the molecule is O=C(O)[C@@H]1C2C=CC(C2)[C@@H]1C(=O)NCCc1cscn1. The van der Waals surface area contributed by atoms with Crippen molar-refractivity contribution in [3.05, 3.63) is 28.7 Å². The van der Waals surface area contributed by atoms with E-state index in [9.17, 15) is 14.7 Å². The standard InChI is InChI=1S/C14H16N2O3S/c17-13(15-4-3-10-6-20-7-16-10)11-8-1-2-9(5-8)12(11)14(18)19/h1-2,6-9,11-12H,3-5H2,(H,15,17)(H,18,19)/t8?,9?,11-,12+/m0/s1. The van der Waals surface area contributed by atoms with Gasteiger partial charge in [0.1, 0.15) is 0 Å². The van der Waals surface area contributed by atoms with Crippen LogP contribution in [0.1, 0.15) is 12.1 Å². The highest BCUT2D eigenvalue weighted by Crippen LogP contribution is 2.48. The lowest BCUT2D eigenvalue weighted by molar-refractivity contribution is -0.147. The summed E-state index contributed by atoms with van der Waals surface area (Å²) in [5, 5.41) is 14.1. The summed E-state index contributed by atoms with van der Waals surface area (Å²) in [6, 6.07) is 0. The number of rotatable bonds is 5. The summed E-state index contributed by atoms with van der Waals surface area (Å²) in [6.07, 6.45) is 5.42. The Balaban J connectivity index is 1.59. The lowest BCUT2D eigenvalue weighted by Crippen LogP contribution is -2.40. The second-order valence-corrected chi connectivity index (χ2v) is 6.08. The third-order valence-electron chi connectivity index (χ3n) is 4.21. The van der Waals surface area contributed by atoms with Crippen molar-refractivity contribution in [1.29, 1.82) is 0 Å². The monoisotopic (exact) mass is 292 g/mol. The zero-order valence-electron chi connectivity index (χ0n) is 10.9. The van der Waals surface area contributed by atoms with Gasteiger partial charge in [-0.15, -0.1) is 11.3 Å². The van der Waals surface area contributed by atoms with Crippen molar-refractivity contribution in [3.63, 3.8) is 0 Å². The van der Waals surface area contributed by atoms with Crippen LogP contribution in [0.25, 0.3) is 0 Å². The molecule has 106 valence electrons. The average molecular weight is 292 g/mol. The molecule has 0 saturated heterocycles. The van der Waals surface area contributed by atoms with E-state index in [2.05, 4.69) is 10.3 Å². The summed E-state index contributed by atoms with van der Waals surface area (Å²) in [5.74, 6) is -1.87. The minimum absolute atomic E-state index is 0.0202. The van der Waals surface area contributed by atoms with Gasteiger partial charge in [0.25, 0.3) is 0 Å². The number of hydrogen-bond donors (Lipinski definition) is 2. The van der Waals surface area contributed by atoms with Gasteiger partial charge in [-0.25, -0.2) is 4.98 Å². The molecule has 2 aliphatic carbocycles. The van der Waals surface area contributed by atoms with E-state index in [4.69, 9.17) is 0 Å². The molecule has 0 spiro atoms. The van der Waals surface area contributed by atoms with Crippen LogP contribution in [0.5, 0.6) is 0 Å². The lowest BCUT2D eigenvalue weighted by atomic mass is 9.82. The molecular formula is C14H16N2O3S. The van der Waals surface area contributed by atoms with Crippen LogP contribution in [0, 0.1) is 23.7 Å². The summed E-state index contributed by atoms with van der Waals surface area (Å²) in [7, 11) is 0. The molecule has 4 atom stereocenters. The maximum absolute atomic E-state index is 12.3. The second-order valence-electron chi connectivity index (χ2n) is 5.36. The first kappa shape index (κ1) is 13.3. The van der Waals surface area contributed by atoms with Crippen LogP contribution in [0.3, 0.4) is 0 Å². The van der Waals surface area contributed by atoms with Crippen molar-refractivity contribution < 1.29 is 14.7 Å². The summed E-state index contributed by atoms with van der Waals surface area (Å²) in [4.78, 5) is 27.8. The molecule has 0 aromatic carbocycles. The molecule has 1 heterocycles. The Morgan fingerprint density at radius 2 is 2.10 bits per heavy atom. The van der Waals surface area contributed by atoms with E-state index in [-0.39, 0.29) is 17.7 Å². The molecule has 1 fully saturated rings. The molecule has 2 bridgehead atoms. The lowest BCUT2D eigenvalue weighted by Gasteiger charge is -2.23. The molecular weight excluding hydrogens is 276 g/mol. The first-order valence-corrected chi connectivity index (χ1v) is 7.67. The molecule has 5 nitrogen and oxygen atoms in total. The number of hydrogen-bond acceptors (Lipinski definition) is 4. The van der Waals surface area contributed by atoms with E-state index < -0.39 is 17.8 Å². The highest BCUT2D eigenvalue weighted by atomic mass is 32.1. The van der Waals surface area contributed by atoms with Crippen molar-refractivity contribution in [1.82, 2.24) is 10.3 Å². The Kier molecular flexibility index (Phi) is 3.56. The molecule has 3 rings (SSSR count). The van der Waals surface area contributed by atoms with Crippen LogP contribution in [0.2, 0.25) is 0 Å². The third-order valence-corrected chi connectivity index (χ3v) is 4.85. The number of carboxylic acids is 1. The van der Waals surface area contributed by atoms with Gasteiger partial charge in [0.2, 0.25) is 5.91 Å². The number of aromatic nitrogens is 1. The number of aliphatic carboxylic acids is 1. The van der Waals surface area contributed by atoms with Crippen LogP contribution in [-0.2, 0) is 16.0 Å². The van der Waals surface area contributed by atoms with E-state index in [1.54, 1.807) is 5.51 Å². The maximum atomic E-state index is 12.3. The molecule has 1 saturated carbocycles. The predicted octanol–water partition coefficient (Wildman–Crippen LogP) is 1.32. The molecule has 1 aromatic rings.